The first-order valence-corrected chi connectivity index (χ1v) is 18.3. The van der Waals surface area contributed by atoms with Gasteiger partial charge in [0.1, 0.15) is 0 Å². The van der Waals surface area contributed by atoms with Crippen molar-refractivity contribution in [2.75, 3.05) is 13.2 Å². The number of esters is 2. The van der Waals surface area contributed by atoms with E-state index in [-0.39, 0.29) is 11.9 Å². The summed E-state index contributed by atoms with van der Waals surface area (Å²) in [7, 11) is 0. The molecule has 250 valence electrons. The molecule has 4 nitrogen and oxygen atoms in total. The van der Waals surface area contributed by atoms with Crippen LogP contribution < -0.4 is 0 Å². The third-order valence-electron chi connectivity index (χ3n) is 10.5. The van der Waals surface area contributed by atoms with Crippen molar-refractivity contribution >= 4 is 76.6 Å². The van der Waals surface area contributed by atoms with Crippen LogP contribution in [0.2, 0.25) is 0 Å². The molecule has 4 heteroatoms. The van der Waals surface area contributed by atoms with Crippen LogP contribution in [0.25, 0.3) is 64.6 Å². The van der Waals surface area contributed by atoms with Crippen LogP contribution in [0.5, 0.6) is 0 Å². The van der Waals surface area contributed by atoms with Gasteiger partial charge in [0.2, 0.25) is 0 Å². The fourth-order valence-electron chi connectivity index (χ4n) is 7.93. The molecule has 0 N–H and O–H groups in total. The fourth-order valence-corrected chi connectivity index (χ4v) is 7.93. The second kappa shape index (κ2) is 14.3. The molecule has 50 heavy (non-hydrogen) atoms. The third kappa shape index (κ3) is 6.20. The first-order valence-electron chi connectivity index (χ1n) is 18.3. The van der Waals surface area contributed by atoms with Crippen molar-refractivity contribution in [3.8, 4) is 0 Å². The van der Waals surface area contributed by atoms with E-state index in [1.54, 1.807) is 0 Å². The molecule has 0 fully saturated rings. The van der Waals surface area contributed by atoms with Crippen LogP contribution >= 0.6 is 0 Å². The van der Waals surface area contributed by atoms with E-state index < -0.39 is 0 Å². The highest BCUT2D eigenvalue weighted by Gasteiger charge is 2.17. The standard InChI is InChI=1S/C46H42O4/c47-45(39-27-23-35-19-17-31-13-11-15-33-21-25-37(39)43(35)41(31)33)49-29-9-7-5-3-1-2-4-6-8-10-30-50-46(48)40-28-24-36-20-18-32-14-12-16-34-22-26-38(40)44(36)42(32)34/h11-28H,1-10,29-30H2. The lowest BCUT2D eigenvalue weighted by Crippen LogP contribution is -2.07. The summed E-state index contributed by atoms with van der Waals surface area (Å²) < 4.78 is 11.4. The number of carbonyl (C=O) groups is 2. The number of ether oxygens (including phenoxy) is 2. The number of hydrogen-bond acceptors (Lipinski definition) is 4. The van der Waals surface area contributed by atoms with Gasteiger partial charge in [0, 0.05) is 0 Å². The van der Waals surface area contributed by atoms with Crippen molar-refractivity contribution in [2.24, 2.45) is 0 Å². The lowest BCUT2D eigenvalue weighted by atomic mass is 9.92. The molecule has 0 atom stereocenters. The second-order valence-electron chi connectivity index (χ2n) is 13.7. The molecule has 8 rings (SSSR count). The number of unbranched alkanes of at least 4 members (excludes halogenated alkanes) is 9. The molecular formula is C46H42O4. The Labute approximate surface area is 292 Å². The maximum Gasteiger partial charge on any atom is 0.338 e. The lowest BCUT2D eigenvalue weighted by molar-refractivity contribution is 0.0490. The number of benzene rings is 8. The molecular weight excluding hydrogens is 617 g/mol. The molecule has 0 aliphatic heterocycles. The smallest absolute Gasteiger partial charge is 0.338 e. The van der Waals surface area contributed by atoms with Gasteiger partial charge in [0.15, 0.2) is 0 Å². The van der Waals surface area contributed by atoms with Crippen LogP contribution in [-0.4, -0.2) is 25.2 Å². The van der Waals surface area contributed by atoms with Crippen molar-refractivity contribution in [3.63, 3.8) is 0 Å². The average Bonchev–Trinajstić information content (AvgIpc) is 3.15. The molecule has 0 aliphatic rings. The van der Waals surface area contributed by atoms with Crippen molar-refractivity contribution in [1.29, 1.82) is 0 Å². The summed E-state index contributed by atoms with van der Waals surface area (Å²) in [4.78, 5) is 26.1. The van der Waals surface area contributed by atoms with Crippen LogP contribution in [0, 0.1) is 0 Å². The SMILES string of the molecule is O=C(OCCCCCCCCCCCCOC(=O)c1ccc2ccc3cccc4ccc1c2c34)c1ccc2ccc3cccc4ccc1c2c34. The monoisotopic (exact) mass is 658 g/mol. The van der Waals surface area contributed by atoms with E-state index in [2.05, 4.69) is 84.9 Å². The Balaban J connectivity index is 0.702. The molecule has 0 unspecified atom stereocenters. The van der Waals surface area contributed by atoms with Gasteiger partial charge in [-0.3, -0.25) is 0 Å². The molecule has 0 heterocycles. The van der Waals surface area contributed by atoms with Gasteiger partial charge in [-0.05, 0) is 89.6 Å². The molecule has 0 radical (unpaired) electrons. The van der Waals surface area contributed by atoms with Crippen molar-refractivity contribution in [2.45, 2.75) is 64.2 Å². The molecule has 8 aromatic carbocycles. The average molecular weight is 659 g/mol. The largest absolute Gasteiger partial charge is 0.462 e. The highest BCUT2D eigenvalue weighted by Crippen LogP contribution is 2.37. The zero-order chi connectivity index (χ0) is 33.9. The fraction of sp³-hybridized carbons (Fsp3) is 0.261. The molecule has 0 saturated heterocycles. The van der Waals surface area contributed by atoms with Crippen molar-refractivity contribution < 1.29 is 19.1 Å². The summed E-state index contributed by atoms with van der Waals surface area (Å²) in [5, 5.41) is 13.8. The van der Waals surface area contributed by atoms with E-state index in [4.69, 9.17) is 9.47 Å². The summed E-state index contributed by atoms with van der Waals surface area (Å²) in [6, 6.07) is 37.5. The van der Waals surface area contributed by atoms with Gasteiger partial charge in [-0.1, -0.05) is 148 Å². The summed E-state index contributed by atoms with van der Waals surface area (Å²) in [6.07, 6.45) is 11.1. The van der Waals surface area contributed by atoms with E-state index in [1.165, 1.54) is 58.0 Å². The van der Waals surface area contributed by atoms with Gasteiger partial charge in [-0.15, -0.1) is 0 Å². The van der Waals surface area contributed by atoms with Crippen LogP contribution in [0.15, 0.2) is 109 Å². The molecule has 0 aromatic heterocycles. The van der Waals surface area contributed by atoms with Crippen molar-refractivity contribution in [1.82, 2.24) is 0 Å². The van der Waals surface area contributed by atoms with Gasteiger partial charge in [-0.2, -0.15) is 0 Å². The number of carbonyl (C=O) groups excluding carboxylic acids is 2. The first-order chi connectivity index (χ1) is 24.7. The van der Waals surface area contributed by atoms with E-state index in [9.17, 15) is 9.59 Å². The van der Waals surface area contributed by atoms with Gasteiger partial charge < -0.3 is 9.47 Å². The topological polar surface area (TPSA) is 52.6 Å². The Morgan fingerprint density at radius 1 is 0.340 bits per heavy atom. The van der Waals surface area contributed by atoms with E-state index in [0.717, 1.165) is 70.8 Å². The minimum atomic E-state index is -0.231. The van der Waals surface area contributed by atoms with E-state index in [1.807, 2.05) is 24.3 Å². The third-order valence-corrected chi connectivity index (χ3v) is 10.5. The normalized spacial score (nSPS) is 11.9. The minimum Gasteiger partial charge on any atom is -0.462 e. The maximum absolute atomic E-state index is 13.1. The Kier molecular flexibility index (Phi) is 9.17. The van der Waals surface area contributed by atoms with Crippen LogP contribution in [0.3, 0.4) is 0 Å². The van der Waals surface area contributed by atoms with Crippen LogP contribution in [0.4, 0.5) is 0 Å². The minimum absolute atomic E-state index is 0.231. The highest BCUT2D eigenvalue weighted by molar-refractivity contribution is 6.27. The summed E-state index contributed by atoms with van der Waals surface area (Å²) in [5.74, 6) is -0.463. The predicted molar refractivity (Wildman–Crippen MR) is 207 cm³/mol. The predicted octanol–water partition coefficient (Wildman–Crippen LogP) is 12.4. The van der Waals surface area contributed by atoms with Gasteiger partial charge >= 0.3 is 11.9 Å². The Bertz CT molecular complexity index is 2240. The first kappa shape index (κ1) is 32.0. The van der Waals surface area contributed by atoms with Gasteiger partial charge in [-0.25, -0.2) is 9.59 Å². The van der Waals surface area contributed by atoms with E-state index >= 15 is 0 Å². The Hall–Kier alpha value is -5.22. The second-order valence-corrected chi connectivity index (χ2v) is 13.7. The lowest BCUT2D eigenvalue weighted by Gasteiger charge is -2.13. The highest BCUT2D eigenvalue weighted by atomic mass is 16.5. The quantitative estimate of drug-likeness (QED) is 0.0625. The summed E-state index contributed by atoms with van der Waals surface area (Å²) >= 11 is 0. The van der Waals surface area contributed by atoms with Gasteiger partial charge in [0.05, 0.1) is 24.3 Å². The maximum atomic E-state index is 13.1. The molecule has 0 saturated carbocycles. The van der Waals surface area contributed by atoms with Crippen molar-refractivity contribution in [3.05, 3.63) is 120 Å². The molecule has 0 amide bonds. The zero-order valence-electron chi connectivity index (χ0n) is 28.5. The summed E-state index contributed by atoms with van der Waals surface area (Å²) in [5.41, 5.74) is 1.30. The number of rotatable bonds is 15. The Morgan fingerprint density at radius 3 is 1.02 bits per heavy atom. The Morgan fingerprint density at radius 2 is 0.640 bits per heavy atom. The molecule has 8 aromatic rings. The molecule has 0 bridgehead atoms. The van der Waals surface area contributed by atoms with Gasteiger partial charge in [0.25, 0.3) is 0 Å². The molecule has 0 aliphatic carbocycles. The van der Waals surface area contributed by atoms with E-state index in [0.29, 0.717) is 24.3 Å². The molecule has 0 spiro atoms. The van der Waals surface area contributed by atoms with Crippen LogP contribution in [-0.2, 0) is 9.47 Å². The zero-order valence-corrected chi connectivity index (χ0v) is 28.5. The van der Waals surface area contributed by atoms with Crippen LogP contribution in [0.1, 0.15) is 84.9 Å². The summed E-state index contributed by atoms with van der Waals surface area (Å²) in [6.45, 7) is 0.921. The number of hydrogen-bond donors (Lipinski definition) is 0.